The van der Waals surface area contributed by atoms with Gasteiger partial charge in [0.1, 0.15) is 0 Å². The number of benzene rings is 1. The van der Waals surface area contributed by atoms with Crippen molar-refractivity contribution in [3.63, 3.8) is 0 Å². The second kappa shape index (κ2) is 3.11. The van der Waals surface area contributed by atoms with Crippen LogP contribution in [0.4, 0.5) is 5.69 Å². The summed E-state index contributed by atoms with van der Waals surface area (Å²) in [6.07, 6.45) is 2.25. The van der Waals surface area contributed by atoms with Gasteiger partial charge in [0.25, 0.3) is 0 Å². The number of hydrogen-bond acceptors (Lipinski definition) is 3. The highest BCUT2D eigenvalue weighted by atomic mass is 35.5. The maximum Gasteiger partial charge on any atom is 0.0816 e. The summed E-state index contributed by atoms with van der Waals surface area (Å²) in [5, 5.41) is 0. The Morgan fingerprint density at radius 2 is 2.36 bits per heavy atom. The molecule has 2 nitrogen and oxygen atoms in total. The topological polar surface area (TPSA) is 16.1 Å². The zero-order chi connectivity index (χ0) is 9.54. The van der Waals surface area contributed by atoms with Crippen LogP contribution >= 0.6 is 23.1 Å². The number of aromatic nitrogens is 1. The molecule has 14 heavy (non-hydrogen) atoms. The Balaban J connectivity index is 2.27. The van der Waals surface area contributed by atoms with Gasteiger partial charge in [0.2, 0.25) is 0 Å². The van der Waals surface area contributed by atoms with Crippen LogP contribution in [0.25, 0.3) is 10.2 Å². The maximum atomic E-state index is 6.13. The van der Waals surface area contributed by atoms with Crippen LogP contribution in [0, 0.1) is 0 Å². The van der Waals surface area contributed by atoms with E-state index >= 15 is 0 Å². The van der Waals surface area contributed by atoms with E-state index in [0.29, 0.717) is 0 Å². The van der Waals surface area contributed by atoms with E-state index in [2.05, 4.69) is 17.1 Å². The molecule has 1 aliphatic heterocycles. The molecule has 0 N–H and O–H groups in total. The largest absolute Gasteiger partial charge is 0.285 e. The Bertz CT molecular complexity index is 480. The van der Waals surface area contributed by atoms with E-state index in [-0.39, 0.29) is 0 Å². The molecule has 0 amide bonds. The Hall–Kier alpha value is -0.800. The number of hydrogen-bond donors (Lipinski definition) is 0. The number of fused-ring (bicyclic) bond motifs is 2. The first kappa shape index (κ1) is 8.50. The third-order valence-corrected chi connectivity index (χ3v) is 3.74. The molecule has 0 fully saturated rings. The van der Waals surface area contributed by atoms with Crippen molar-refractivity contribution in [1.29, 1.82) is 0 Å². The monoisotopic (exact) mass is 224 g/mol. The van der Waals surface area contributed by atoms with Crippen LogP contribution in [0.5, 0.6) is 0 Å². The molecule has 1 aromatic carbocycles. The van der Waals surface area contributed by atoms with Gasteiger partial charge in [-0.25, -0.2) is 4.98 Å². The quantitative estimate of drug-likeness (QED) is 0.639. The Morgan fingerprint density at radius 3 is 3.29 bits per heavy atom. The highest BCUT2D eigenvalue weighted by Gasteiger charge is 2.16. The molecule has 0 atom stereocenters. The summed E-state index contributed by atoms with van der Waals surface area (Å²) in [6, 6.07) is 4.31. The van der Waals surface area contributed by atoms with Gasteiger partial charge in [0, 0.05) is 18.3 Å². The molecule has 4 heteroatoms. The second-order valence-corrected chi connectivity index (χ2v) is 4.78. The molecule has 1 aliphatic rings. The highest BCUT2D eigenvalue weighted by Crippen LogP contribution is 2.33. The van der Waals surface area contributed by atoms with Crippen LogP contribution in [0.1, 0.15) is 12.0 Å². The van der Waals surface area contributed by atoms with Gasteiger partial charge in [-0.05, 0) is 30.5 Å². The fourth-order valence-electron chi connectivity index (χ4n) is 1.89. The van der Waals surface area contributed by atoms with Gasteiger partial charge < -0.3 is 0 Å². The normalized spacial score (nSPS) is 15.9. The number of halogens is 1. The third-order valence-electron chi connectivity index (χ3n) is 2.59. The third kappa shape index (κ3) is 1.20. The summed E-state index contributed by atoms with van der Waals surface area (Å²) in [6.45, 7) is 0.943. The fraction of sp³-hybridized carbons (Fsp3) is 0.300. The van der Waals surface area contributed by atoms with Crippen molar-refractivity contribution < 1.29 is 0 Å². The van der Waals surface area contributed by atoms with Crippen molar-refractivity contribution in [3.05, 3.63) is 23.2 Å². The number of anilines is 1. The van der Waals surface area contributed by atoms with E-state index in [1.807, 2.05) is 9.93 Å². The average Bonchev–Trinajstić information content (AvgIpc) is 2.62. The summed E-state index contributed by atoms with van der Waals surface area (Å²) in [4.78, 5) is 4.31. The summed E-state index contributed by atoms with van der Waals surface area (Å²) in [5.74, 6) is 0. The number of aryl methyl sites for hydroxylation is 1. The van der Waals surface area contributed by atoms with Crippen LogP contribution in [-0.2, 0) is 6.42 Å². The standard InChI is InChI=1S/C10H9ClN2S/c11-13-3-1-2-7-4-8-10(5-9(7)13)14-6-12-8/h4-6H,1-3H2. The molecule has 0 saturated heterocycles. The molecule has 3 rings (SSSR count). The molecule has 2 heterocycles. The predicted molar refractivity (Wildman–Crippen MR) is 61.1 cm³/mol. The SMILES string of the molecule is ClN1CCCc2cc3ncsc3cc21. The van der Waals surface area contributed by atoms with Crippen molar-refractivity contribution in [3.8, 4) is 0 Å². The lowest BCUT2D eigenvalue weighted by Crippen LogP contribution is -2.19. The highest BCUT2D eigenvalue weighted by molar-refractivity contribution is 7.16. The summed E-state index contributed by atoms with van der Waals surface area (Å²) in [7, 11) is 0. The minimum absolute atomic E-state index is 0.943. The van der Waals surface area contributed by atoms with E-state index in [9.17, 15) is 0 Å². The van der Waals surface area contributed by atoms with Gasteiger partial charge in [-0.15, -0.1) is 11.3 Å². The predicted octanol–water partition coefficient (Wildman–Crippen LogP) is 3.20. The summed E-state index contributed by atoms with van der Waals surface area (Å²) >= 11 is 7.80. The maximum absolute atomic E-state index is 6.13. The van der Waals surface area contributed by atoms with Crippen LogP contribution in [0.3, 0.4) is 0 Å². The van der Waals surface area contributed by atoms with Crippen molar-refractivity contribution in [1.82, 2.24) is 4.98 Å². The molecule has 0 radical (unpaired) electrons. The Kier molecular flexibility index (Phi) is 1.89. The molecule has 0 saturated carbocycles. The average molecular weight is 225 g/mol. The zero-order valence-corrected chi connectivity index (χ0v) is 9.11. The molecule has 1 aromatic heterocycles. The van der Waals surface area contributed by atoms with Crippen LogP contribution < -0.4 is 4.42 Å². The number of rotatable bonds is 0. The number of nitrogens with zero attached hydrogens (tertiary/aromatic N) is 2. The van der Waals surface area contributed by atoms with E-state index in [1.165, 1.54) is 10.3 Å². The fourth-order valence-corrected chi connectivity index (χ4v) is 2.86. The molecule has 2 aromatic rings. The summed E-state index contributed by atoms with van der Waals surface area (Å²) in [5.41, 5.74) is 5.47. The first-order chi connectivity index (χ1) is 6.84. The van der Waals surface area contributed by atoms with Gasteiger partial charge in [-0.3, -0.25) is 4.42 Å². The first-order valence-corrected chi connectivity index (χ1v) is 5.86. The van der Waals surface area contributed by atoms with Crippen molar-refractivity contribution in [2.45, 2.75) is 12.8 Å². The van der Waals surface area contributed by atoms with Crippen molar-refractivity contribution >= 4 is 39.0 Å². The molecule has 0 spiro atoms. The van der Waals surface area contributed by atoms with Crippen LogP contribution in [0.2, 0.25) is 0 Å². The van der Waals surface area contributed by atoms with E-state index < -0.39 is 0 Å². The summed E-state index contributed by atoms with van der Waals surface area (Å²) < 4.78 is 3.04. The molecule has 72 valence electrons. The molecule has 0 aliphatic carbocycles. The van der Waals surface area contributed by atoms with Gasteiger partial charge in [0.15, 0.2) is 0 Å². The Morgan fingerprint density at radius 1 is 1.43 bits per heavy atom. The minimum atomic E-state index is 0.943. The molecular formula is C10H9ClN2S. The minimum Gasteiger partial charge on any atom is -0.285 e. The van der Waals surface area contributed by atoms with E-state index in [0.717, 1.165) is 30.6 Å². The van der Waals surface area contributed by atoms with Crippen LogP contribution in [0.15, 0.2) is 17.6 Å². The smallest absolute Gasteiger partial charge is 0.0816 e. The van der Waals surface area contributed by atoms with Crippen molar-refractivity contribution in [2.75, 3.05) is 11.0 Å². The van der Waals surface area contributed by atoms with E-state index in [4.69, 9.17) is 11.8 Å². The van der Waals surface area contributed by atoms with E-state index in [1.54, 1.807) is 11.3 Å². The Labute approximate surface area is 91.2 Å². The lowest BCUT2D eigenvalue weighted by atomic mass is 10.0. The molecule has 0 unspecified atom stereocenters. The second-order valence-electron chi connectivity index (χ2n) is 3.49. The first-order valence-electron chi connectivity index (χ1n) is 4.64. The van der Waals surface area contributed by atoms with Gasteiger partial charge in [-0.2, -0.15) is 0 Å². The van der Waals surface area contributed by atoms with Crippen molar-refractivity contribution in [2.24, 2.45) is 0 Å². The zero-order valence-electron chi connectivity index (χ0n) is 7.53. The number of thiazole rings is 1. The lowest BCUT2D eigenvalue weighted by molar-refractivity contribution is 0.793. The van der Waals surface area contributed by atoms with Gasteiger partial charge in [-0.1, -0.05) is 0 Å². The van der Waals surface area contributed by atoms with Gasteiger partial charge >= 0.3 is 0 Å². The molecule has 0 bridgehead atoms. The lowest BCUT2D eigenvalue weighted by Gasteiger charge is -2.24. The molecular weight excluding hydrogens is 216 g/mol. The van der Waals surface area contributed by atoms with Gasteiger partial charge in [0.05, 0.1) is 21.4 Å². The van der Waals surface area contributed by atoms with Crippen LogP contribution in [-0.4, -0.2) is 11.5 Å².